The topological polar surface area (TPSA) is 98.5 Å². The van der Waals surface area contributed by atoms with Gasteiger partial charge in [0.2, 0.25) is 0 Å². The number of benzene rings is 1. The lowest BCUT2D eigenvalue weighted by molar-refractivity contribution is -0.119. The van der Waals surface area contributed by atoms with Crippen molar-refractivity contribution >= 4 is 34.1 Å². The van der Waals surface area contributed by atoms with Gasteiger partial charge in [-0.05, 0) is 80.2 Å². The molecule has 29 heavy (non-hydrogen) atoms. The monoisotopic (exact) mass is 412 g/mol. The Morgan fingerprint density at radius 3 is 2.52 bits per heavy atom. The minimum Gasteiger partial charge on any atom is -0.452 e. The highest BCUT2D eigenvalue weighted by Gasteiger charge is 2.25. The predicted molar refractivity (Wildman–Crippen MR) is 111 cm³/mol. The molecule has 0 saturated carbocycles. The molecule has 1 heterocycles. The van der Waals surface area contributed by atoms with Gasteiger partial charge in [0.1, 0.15) is 5.00 Å². The number of nitrogens with one attached hydrogen (secondary N) is 1. The predicted octanol–water partition coefficient (Wildman–Crippen LogP) is 3.40. The molecule has 4 rings (SSSR count). The molecule has 0 spiro atoms. The Morgan fingerprint density at radius 1 is 1.00 bits per heavy atom. The Labute approximate surface area is 173 Å². The summed E-state index contributed by atoms with van der Waals surface area (Å²) in [7, 11) is 0. The maximum absolute atomic E-state index is 12.3. The number of nitrogens with two attached hydrogens (primary N) is 1. The summed E-state index contributed by atoms with van der Waals surface area (Å²) in [4.78, 5) is 37.7. The van der Waals surface area contributed by atoms with E-state index >= 15 is 0 Å². The highest BCUT2D eigenvalue weighted by molar-refractivity contribution is 7.17. The first kappa shape index (κ1) is 19.6. The molecule has 2 aliphatic carbocycles. The maximum Gasteiger partial charge on any atom is 0.338 e. The summed E-state index contributed by atoms with van der Waals surface area (Å²) in [6.45, 7) is -0.406. The van der Waals surface area contributed by atoms with Crippen molar-refractivity contribution in [3.8, 4) is 0 Å². The number of esters is 1. The van der Waals surface area contributed by atoms with Gasteiger partial charge in [0.05, 0.1) is 11.1 Å². The van der Waals surface area contributed by atoms with Crippen LogP contribution in [-0.2, 0) is 35.2 Å². The quantitative estimate of drug-likeness (QED) is 0.735. The summed E-state index contributed by atoms with van der Waals surface area (Å²) in [5.41, 5.74) is 9.83. The van der Waals surface area contributed by atoms with Crippen molar-refractivity contribution in [2.45, 2.75) is 51.4 Å². The molecular weight excluding hydrogens is 388 g/mol. The largest absolute Gasteiger partial charge is 0.452 e. The molecule has 0 fully saturated rings. The van der Waals surface area contributed by atoms with E-state index in [0.29, 0.717) is 16.1 Å². The normalized spacial score (nSPS) is 15.2. The molecule has 0 radical (unpaired) electrons. The number of primary amides is 1. The number of aryl methyl sites for hydroxylation is 3. The van der Waals surface area contributed by atoms with Crippen molar-refractivity contribution in [2.75, 3.05) is 11.9 Å². The van der Waals surface area contributed by atoms with Gasteiger partial charge in [0.15, 0.2) is 6.61 Å². The van der Waals surface area contributed by atoms with Gasteiger partial charge in [-0.15, -0.1) is 11.3 Å². The number of amides is 2. The first-order chi connectivity index (χ1) is 14.0. The average molecular weight is 413 g/mol. The fourth-order valence-corrected chi connectivity index (χ4v) is 5.46. The molecule has 1 aromatic carbocycles. The van der Waals surface area contributed by atoms with E-state index in [9.17, 15) is 14.4 Å². The van der Waals surface area contributed by atoms with Gasteiger partial charge in [-0.25, -0.2) is 4.79 Å². The number of thiophene rings is 1. The lowest BCUT2D eigenvalue weighted by Gasteiger charge is -2.16. The molecule has 152 valence electrons. The first-order valence-electron chi connectivity index (χ1n) is 10.1. The summed E-state index contributed by atoms with van der Waals surface area (Å²) in [6.07, 6.45) is 8.08. The number of hydrogen-bond acceptors (Lipinski definition) is 5. The lowest BCUT2D eigenvalue weighted by Crippen LogP contribution is -2.23. The number of hydrogen-bond donors (Lipinski definition) is 2. The smallest absolute Gasteiger partial charge is 0.338 e. The summed E-state index contributed by atoms with van der Waals surface area (Å²) in [5.74, 6) is -1.53. The Kier molecular flexibility index (Phi) is 5.67. The van der Waals surface area contributed by atoms with Crippen molar-refractivity contribution in [1.29, 1.82) is 0 Å². The molecular formula is C22H24N2O4S. The lowest BCUT2D eigenvalue weighted by atomic mass is 9.90. The average Bonchev–Trinajstić information content (AvgIpc) is 3.09. The fourth-order valence-electron chi connectivity index (χ4n) is 4.15. The zero-order valence-electron chi connectivity index (χ0n) is 16.2. The number of anilines is 1. The van der Waals surface area contributed by atoms with Crippen molar-refractivity contribution in [2.24, 2.45) is 5.73 Å². The van der Waals surface area contributed by atoms with E-state index in [1.807, 2.05) is 12.1 Å². The van der Waals surface area contributed by atoms with Crippen LogP contribution in [0.4, 0.5) is 5.00 Å². The van der Waals surface area contributed by atoms with Crippen LogP contribution in [0.2, 0.25) is 0 Å². The van der Waals surface area contributed by atoms with Crippen molar-refractivity contribution < 1.29 is 19.1 Å². The van der Waals surface area contributed by atoms with E-state index in [0.717, 1.165) is 55.4 Å². The van der Waals surface area contributed by atoms with E-state index in [-0.39, 0.29) is 0 Å². The molecule has 0 saturated heterocycles. The molecule has 0 atom stereocenters. The minimum atomic E-state index is -0.536. The molecule has 2 aliphatic rings. The second-order valence-electron chi connectivity index (χ2n) is 7.59. The third-order valence-corrected chi connectivity index (χ3v) is 6.80. The molecule has 0 bridgehead atoms. The molecule has 7 heteroatoms. The standard InChI is InChI=1S/C22H24N2O4S/c23-20(26)19-16-7-3-4-8-17(16)29-21(19)24-18(25)12-28-22(27)15-10-9-13-5-1-2-6-14(13)11-15/h9-11H,1-8,12H2,(H2,23,26)(H,24,25). The number of rotatable bonds is 5. The molecule has 2 amide bonds. The van der Waals surface area contributed by atoms with Crippen LogP contribution in [0, 0.1) is 0 Å². The summed E-state index contributed by atoms with van der Waals surface area (Å²) in [5, 5.41) is 3.16. The molecule has 1 aromatic heterocycles. The maximum atomic E-state index is 12.3. The second-order valence-corrected chi connectivity index (χ2v) is 8.70. The van der Waals surface area contributed by atoms with Crippen LogP contribution in [-0.4, -0.2) is 24.4 Å². The Bertz CT molecular complexity index is 979. The first-order valence-corrected chi connectivity index (χ1v) is 10.9. The van der Waals surface area contributed by atoms with Gasteiger partial charge < -0.3 is 15.8 Å². The van der Waals surface area contributed by atoms with E-state index in [4.69, 9.17) is 10.5 Å². The van der Waals surface area contributed by atoms with Crippen molar-refractivity contribution in [3.63, 3.8) is 0 Å². The Hall–Kier alpha value is -2.67. The molecule has 2 aromatic rings. The van der Waals surface area contributed by atoms with Crippen LogP contribution in [0.3, 0.4) is 0 Å². The van der Waals surface area contributed by atoms with Gasteiger partial charge in [-0.3, -0.25) is 9.59 Å². The van der Waals surface area contributed by atoms with Crippen molar-refractivity contribution in [1.82, 2.24) is 0 Å². The fraction of sp³-hybridized carbons (Fsp3) is 0.409. The summed E-state index contributed by atoms with van der Waals surface area (Å²) in [6, 6.07) is 5.59. The molecule has 0 unspecified atom stereocenters. The summed E-state index contributed by atoms with van der Waals surface area (Å²) < 4.78 is 5.19. The molecule has 0 aliphatic heterocycles. The van der Waals surface area contributed by atoms with Gasteiger partial charge >= 0.3 is 5.97 Å². The van der Waals surface area contributed by atoms with Crippen molar-refractivity contribution in [3.05, 3.63) is 50.9 Å². The zero-order valence-corrected chi connectivity index (χ0v) is 17.0. The number of carbonyl (C=O) groups excluding carboxylic acids is 3. The Morgan fingerprint density at radius 2 is 1.72 bits per heavy atom. The van der Waals surface area contributed by atoms with Gasteiger partial charge in [0, 0.05) is 4.88 Å². The van der Waals surface area contributed by atoms with Crippen LogP contribution in [0.25, 0.3) is 0 Å². The van der Waals surface area contributed by atoms with Gasteiger partial charge in [-0.1, -0.05) is 6.07 Å². The highest BCUT2D eigenvalue weighted by Crippen LogP contribution is 2.37. The van der Waals surface area contributed by atoms with E-state index < -0.39 is 24.4 Å². The van der Waals surface area contributed by atoms with Crippen LogP contribution in [0.15, 0.2) is 18.2 Å². The number of fused-ring (bicyclic) bond motifs is 2. The van der Waals surface area contributed by atoms with Crippen LogP contribution in [0.5, 0.6) is 0 Å². The van der Waals surface area contributed by atoms with E-state index in [1.165, 1.54) is 28.9 Å². The third kappa shape index (κ3) is 4.19. The van der Waals surface area contributed by atoms with Gasteiger partial charge in [-0.2, -0.15) is 0 Å². The summed E-state index contributed by atoms with van der Waals surface area (Å²) >= 11 is 1.39. The second kappa shape index (κ2) is 8.37. The van der Waals surface area contributed by atoms with Crippen LogP contribution < -0.4 is 11.1 Å². The van der Waals surface area contributed by atoms with Gasteiger partial charge in [0.25, 0.3) is 11.8 Å². The number of carbonyl (C=O) groups is 3. The minimum absolute atomic E-state index is 0.402. The number of ether oxygens (including phenoxy) is 1. The Balaban J connectivity index is 1.40. The molecule has 6 nitrogen and oxygen atoms in total. The third-order valence-electron chi connectivity index (χ3n) is 5.59. The highest BCUT2D eigenvalue weighted by atomic mass is 32.1. The van der Waals surface area contributed by atoms with E-state index in [1.54, 1.807) is 6.07 Å². The zero-order chi connectivity index (χ0) is 20.4. The SMILES string of the molecule is NC(=O)c1c(NC(=O)COC(=O)c2ccc3c(c2)CCCC3)sc2c1CCCC2. The van der Waals surface area contributed by atoms with E-state index in [2.05, 4.69) is 5.32 Å². The van der Waals surface area contributed by atoms with Crippen LogP contribution >= 0.6 is 11.3 Å². The molecule has 3 N–H and O–H groups in total. The van der Waals surface area contributed by atoms with Crippen LogP contribution in [0.1, 0.15) is 68.0 Å².